The van der Waals surface area contributed by atoms with Crippen LogP contribution in [0.25, 0.3) is 0 Å². The van der Waals surface area contributed by atoms with Gasteiger partial charge in [0, 0.05) is 16.7 Å². The van der Waals surface area contributed by atoms with E-state index >= 15 is 0 Å². The third-order valence-corrected chi connectivity index (χ3v) is 10.4. The van der Waals surface area contributed by atoms with Crippen LogP contribution in [0.2, 0.25) is 0 Å². The van der Waals surface area contributed by atoms with Crippen molar-refractivity contribution in [1.82, 2.24) is 0 Å². The summed E-state index contributed by atoms with van der Waals surface area (Å²) in [5, 5.41) is 31.4. The Balaban J connectivity index is 1.82. The summed E-state index contributed by atoms with van der Waals surface area (Å²) >= 11 is 0. The molecule has 0 aromatic rings. The molecule has 168 valence electrons. The van der Waals surface area contributed by atoms with Gasteiger partial charge >= 0.3 is 11.9 Å². The molecule has 2 bridgehead atoms. The normalized spacial score (nSPS) is 52.0. The van der Waals surface area contributed by atoms with E-state index in [1.165, 1.54) is 0 Å². The Morgan fingerprint density at radius 3 is 2.29 bits per heavy atom. The molecule has 0 amide bonds. The quantitative estimate of drug-likeness (QED) is 0.594. The van der Waals surface area contributed by atoms with Crippen molar-refractivity contribution in [1.29, 1.82) is 0 Å². The first-order valence-electron chi connectivity index (χ1n) is 11.5. The average molecular weight is 429 g/mol. The number of allylic oxidation sites excluding steroid dienone is 4. The summed E-state index contributed by atoms with van der Waals surface area (Å²) < 4.78 is 0. The van der Waals surface area contributed by atoms with Gasteiger partial charge in [-0.15, -0.1) is 0 Å². The topological polar surface area (TPSA) is 112 Å². The minimum Gasteiger partial charge on any atom is -0.481 e. The summed E-state index contributed by atoms with van der Waals surface area (Å²) in [4.78, 5) is 38.0. The second-order valence-corrected chi connectivity index (χ2v) is 11.3. The molecule has 6 rings (SSSR count). The molecule has 0 saturated heterocycles. The maximum absolute atomic E-state index is 12.8. The molecule has 3 N–H and O–H groups in total. The second-order valence-electron chi connectivity index (χ2n) is 11.3. The number of ketones is 1. The van der Waals surface area contributed by atoms with E-state index in [-0.39, 0.29) is 29.5 Å². The van der Waals surface area contributed by atoms with Crippen molar-refractivity contribution in [2.45, 2.75) is 65.4 Å². The Morgan fingerprint density at radius 1 is 1.00 bits per heavy atom. The van der Waals surface area contributed by atoms with Gasteiger partial charge in [-0.3, -0.25) is 14.4 Å². The molecule has 6 nitrogen and oxygen atoms in total. The number of Topliss-reactive ketones (excluding diaryl/α,β-unsaturated/α-hetero) is 1. The van der Waals surface area contributed by atoms with Crippen molar-refractivity contribution < 1.29 is 29.7 Å². The van der Waals surface area contributed by atoms with Crippen molar-refractivity contribution in [3.63, 3.8) is 0 Å². The lowest BCUT2D eigenvalue weighted by atomic mass is 9.30. The zero-order valence-electron chi connectivity index (χ0n) is 18.4. The van der Waals surface area contributed by atoms with E-state index < -0.39 is 46.1 Å². The molecule has 6 heteroatoms. The number of carbonyl (C=O) groups excluding carboxylic acids is 1. The van der Waals surface area contributed by atoms with Gasteiger partial charge in [0.05, 0.1) is 17.9 Å². The van der Waals surface area contributed by atoms with E-state index in [9.17, 15) is 29.7 Å². The summed E-state index contributed by atoms with van der Waals surface area (Å²) in [6.07, 6.45) is 9.16. The first-order valence-corrected chi connectivity index (χ1v) is 11.5. The molecule has 2 spiro atoms. The van der Waals surface area contributed by atoms with Gasteiger partial charge in [-0.05, 0) is 62.2 Å². The fraction of sp³-hybridized carbons (Fsp3) is 0.720. The van der Waals surface area contributed by atoms with Crippen LogP contribution in [-0.2, 0) is 14.4 Å². The Hall–Kier alpha value is -1.95. The molecule has 3 fully saturated rings. The summed E-state index contributed by atoms with van der Waals surface area (Å²) in [7, 11) is 0. The SMILES string of the molecule is CC(=O)[C@@H]1CC[C@@H]2[C@]1(C)CC=C1[C@@]23C=C[C@@]2(C[C@H](O)CC[C@]12C)[C@H](C(=O)O)[C@@H]3C(=O)O. The molecule has 6 aliphatic carbocycles. The van der Waals surface area contributed by atoms with Gasteiger partial charge in [-0.25, -0.2) is 0 Å². The van der Waals surface area contributed by atoms with Crippen LogP contribution in [0, 0.1) is 45.3 Å². The van der Waals surface area contributed by atoms with Crippen molar-refractivity contribution >= 4 is 17.7 Å². The van der Waals surface area contributed by atoms with Crippen molar-refractivity contribution in [3.05, 3.63) is 23.8 Å². The highest BCUT2D eigenvalue weighted by Gasteiger charge is 2.77. The number of rotatable bonds is 3. The Bertz CT molecular complexity index is 950. The van der Waals surface area contributed by atoms with Crippen LogP contribution in [0.5, 0.6) is 0 Å². The van der Waals surface area contributed by atoms with Gasteiger partial charge in [-0.2, -0.15) is 0 Å². The van der Waals surface area contributed by atoms with E-state index in [1.807, 2.05) is 12.2 Å². The van der Waals surface area contributed by atoms with E-state index in [0.29, 0.717) is 19.3 Å². The maximum Gasteiger partial charge on any atom is 0.308 e. The van der Waals surface area contributed by atoms with Gasteiger partial charge in [0.25, 0.3) is 0 Å². The molecule has 0 aliphatic heterocycles. The first-order chi connectivity index (χ1) is 14.5. The van der Waals surface area contributed by atoms with E-state index in [1.54, 1.807) is 6.92 Å². The third-order valence-electron chi connectivity index (χ3n) is 10.4. The highest BCUT2D eigenvalue weighted by Crippen LogP contribution is 2.79. The predicted molar refractivity (Wildman–Crippen MR) is 112 cm³/mol. The number of aliphatic hydroxyl groups is 1. The minimum absolute atomic E-state index is 0.0879. The molecule has 0 radical (unpaired) electrons. The van der Waals surface area contributed by atoms with Gasteiger partial charge in [0.2, 0.25) is 0 Å². The zero-order valence-corrected chi connectivity index (χ0v) is 18.4. The monoisotopic (exact) mass is 428 g/mol. The average Bonchev–Trinajstić information content (AvgIpc) is 3.04. The van der Waals surface area contributed by atoms with Crippen LogP contribution >= 0.6 is 0 Å². The van der Waals surface area contributed by atoms with Gasteiger partial charge < -0.3 is 15.3 Å². The highest BCUT2D eigenvalue weighted by atomic mass is 16.4. The van der Waals surface area contributed by atoms with Crippen molar-refractivity contribution in [2.75, 3.05) is 0 Å². The summed E-state index contributed by atoms with van der Waals surface area (Å²) in [6, 6.07) is 0. The summed E-state index contributed by atoms with van der Waals surface area (Å²) in [5.41, 5.74) is -1.64. The van der Waals surface area contributed by atoms with Crippen molar-refractivity contribution in [3.8, 4) is 0 Å². The maximum atomic E-state index is 12.8. The molecule has 0 heterocycles. The van der Waals surface area contributed by atoms with Crippen molar-refractivity contribution in [2.24, 2.45) is 45.3 Å². The number of fused-ring (bicyclic) bond motifs is 2. The lowest BCUT2D eigenvalue weighted by Crippen LogP contribution is -2.70. The lowest BCUT2D eigenvalue weighted by molar-refractivity contribution is -0.195. The molecule has 9 atom stereocenters. The number of aliphatic carboxylic acids is 2. The van der Waals surface area contributed by atoms with E-state index in [4.69, 9.17) is 0 Å². The Labute approximate surface area is 182 Å². The largest absolute Gasteiger partial charge is 0.481 e. The van der Waals surface area contributed by atoms with Crippen LogP contribution in [0.4, 0.5) is 0 Å². The molecule has 6 aliphatic rings. The Morgan fingerprint density at radius 2 is 1.68 bits per heavy atom. The fourth-order valence-corrected chi connectivity index (χ4v) is 9.24. The number of hydrogen-bond acceptors (Lipinski definition) is 4. The molecule has 0 unspecified atom stereocenters. The van der Waals surface area contributed by atoms with Gasteiger partial charge in [0.15, 0.2) is 0 Å². The Kier molecular flexibility index (Phi) is 4.11. The molecular formula is C25H32O6. The van der Waals surface area contributed by atoms with Crippen LogP contribution in [0.1, 0.15) is 59.3 Å². The lowest BCUT2D eigenvalue weighted by Gasteiger charge is -2.72. The van der Waals surface area contributed by atoms with E-state index in [0.717, 1.165) is 18.4 Å². The molecular weight excluding hydrogens is 396 g/mol. The van der Waals surface area contributed by atoms with Gasteiger partial charge in [0.1, 0.15) is 5.78 Å². The minimum atomic E-state index is -1.11. The summed E-state index contributed by atoms with van der Waals surface area (Å²) in [6.45, 7) is 5.82. The highest BCUT2D eigenvalue weighted by molar-refractivity contribution is 5.86. The van der Waals surface area contributed by atoms with Crippen LogP contribution in [0.3, 0.4) is 0 Å². The molecule has 3 saturated carbocycles. The summed E-state index contributed by atoms with van der Waals surface area (Å²) in [5.74, 6) is -4.47. The molecule has 0 aromatic carbocycles. The van der Waals surface area contributed by atoms with Gasteiger partial charge in [-0.1, -0.05) is 37.6 Å². The molecule has 31 heavy (non-hydrogen) atoms. The van der Waals surface area contributed by atoms with Crippen LogP contribution in [-0.4, -0.2) is 39.1 Å². The molecule has 0 aromatic heterocycles. The smallest absolute Gasteiger partial charge is 0.308 e. The number of carbonyl (C=O) groups is 3. The van der Waals surface area contributed by atoms with Crippen LogP contribution < -0.4 is 0 Å². The number of hydrogen-bond donors (Lipinski definition) is 3. The predicted octanol–water partition coefficient (Wildman–Crippen LogP) is 3.45. The number of carboxylic acid groups (broad SMARTS) is 2. The van der Waals surface area contributed by atoms with Crippen LogP contribution in [0.15, 0.2) is 23.8 Å². The first kappa shape index (κ1) is 20.9. The second kappa shape index (κ2) is 6.09. The fourth-order valence-electron chi connectivity index (χ4n) is 9.24. The van der Waals surface area contributed by atoms with E-state index in [2.05, 4.69) is 19.9 Å². The third kappa shape index (κ3) is 2.15. The number of aliphatic hydroxyl groups excluding tert-OH is 1. The number of carboxylic acids is 2. The standard InChI is InChI=1S/C25H32O6/c1-13(26)15-4-5-16-22(15,2)8-7-17-23(3)9-6-14(27)12-24(23)10-11-25(16,17)19(21(30)31)18(24)20(28)29/h7,10-11,14-16,18-19,27H,4-6,8-9,12H2,1-3H3,(H,28,29)(H,30,31)/t14-,15+,16-,18+,19-,22-,23-,24-,25-/m1/s1. The zero-order chi connectivity index (χ0) is 22.6.